The number of hydrogen-bond acceptors (Lipinski definition) is 4. The van der Waals surface area contributed by atoms with Gasteiger partial charge in [-0.2, -0.15) is 0 Å². The fraction of sp³-hybridized carbons (Fsp3) is 0.615. The summed E-state index contributed by atoms with van der Waals surface area (Å²) in [7, 11) is 0. The predicted octanol–water partition coefficient (Wildman–Crippen LogP) is 1.40. The van der Waals surface area contributed by atoms with Crippen molar-refractivity contribution in [3.8, 4) is 0 Å². The fourth-order valence-electron chi connectivity index (χ4n) is 1.71. The molecule has 0 aliphatic carbocycles. The minimum absolute atomic E-state index is 0.167. The molecule has 96 valence electrons. The zero-order valence-electron chi connectivity index (χ0n) is 10.8. The van der Waals surface area contributed by atoms with Crippen LogP contribution >= 0.6 is 0 Å². The Bertz CT molecular complexity index is 294. The second-order valence-electron chi connectivity index (χ2n) is 4.02. The molecule has 4 nitrogen and oxygen atoms in total. The van der Waals surface area contributed by atoms with Crippen molar-refractivity contribution in [1.29, 1.82) is 0 Å². The lowest BCUT2D eigenvalue weighted by molar-refractivity contribution is 0.301. The van der Waals surface area contributed by atoms with E-state index in [4.69, 9.17) is 5.11 Å². The summed E-state index contributed by atoms with van der Waals surface area (Å²) < 4.78 is 0. The molecule has 1 heterocycles. The summed E-state index contributed by atoms with van der Waals surface area (Å²) in [5.41, 5.74) is 1.19. The van der Waals surface area contributed by atoms with Gasteiger partial charge in [0.15, 0.2) is 0 Å². The number of aromatic nitrogens is 1. The first-order valence-electron chi connectivity index (χ1n) is 6.33. The van der Waals surface area contributed by atoms with Gasteiger partial charge in [0.05, 0.1) is 6.61 Å². The number of rotatable bonds is 8. The number of pyridine rings is 1. The Kier molecular flexibility index (Phi) is 6.58. The first-order valence-corrected chi connectivity index (χ1v) is 6.33. The highest BCUT2D eigenvalue weighted by molar-refractivity contribution is 5.39. The molecule has 4 heteroatoms. The van der Waals surface area contributed by atoms with Gasteiger partial charge in [0.1, 0.15) is 5.82 Å². The Morgan fingerprint density at radius 3 is 2.65 bits per heavy atom. The monoisotopic (exact) mass is 237 g/mol. The largest absolute Gasteiger partial charge is 0.395 e. The Hall–Kier alpha value is -1.13. The van der Waals surface area contributed by atoms with E-state index in [0.717, 1.165) is 31.9 Å². The molecule has 0 spiro atoms. The van der Waals surface area contributed by atoms with Gasteiger partial charge in [-0.05, 0) is 24.6 Å². The zero-order valence-corrected chi connectivity index (χ0v) is 10.8. The van der Waals surface area contributed by atoms with Crippen molar-refractivity contribution in [1.82, 2.24) is 10.3 Å². The third kappa shape index (κ3) is 4.71. The Morgan fingerprint density at radius 1 is 1.29 bits per heavy atom. The van der Waals surface area contributed by atoms with Crippen LogP contribution in [0.1, 0.15) is 25.8 Å². The molecule has 2 N–H and O–H groups in total. The molecule has 0 aromatic carbocycles. The van der Waals surface area contributed by atoms with E-state index in [0.29, 0.717) is 6.54 Å². The lowest BCUT2D eigenvalue weighted by atomic mass is 10.2. The van der Waals surface area contributed by atoms with E-state index in [9.17, 15) is 0 Å². The van der Waals surface area contributed by atoms with Crippen LogP contribution < -0.4 is 10.2 Å². The first kappa shape index (κ1) is 13.9. The summed E-state index contributed by atoms with van der Waals surface area (Å²) in [5.74, 6) is 0.946. The predicted molar refractivity (Wildman–Crippen MR) is 71.2 cm³/mol. The summed E-state index contributed by atoms with van der Waals surface area (Å²) >= 11 is 0. The van der Waals surface area contributed by atoms with Gasteiger partial charge in [0, 0.05) is 25.8 Å². The maximum absolute atomic E-state index is 9.02. The minimum atomic E-state index is 0.167. The van der Waals surface area contributed by atoms with Gasteiger partial charge in [-0.3, -0.25) is 0 Å². The number of anilines is 1. The van der Waals surface area contributed by atoms with E-state index in [1.807, 2.05) is 12.3 Å². The maximum atomic E-state index is 9.02. The number of nitrogens with one attached hydrogen (secondary N) is 1. The molecule has 0 saturated carbocycles. The van der Waals surface area contributed by atoms with Crippen LogP contribution in [0.4, 0.5) is 5.82 Å². The second-order valence-corrected chi connectivity index (χ2v) is 4.02. The van der Waals surface area contributed by atoms with Crippen molar-refractivity contribution >= 4 is 5.82 Å². The van der Waals surface area contributed by atoms with Gasteiger partial charge in [-0.25, -0.2) is 4.98 Å². The molecule has 0 unspecified atom stereocenters. The van der Waals surface area contributed by atoms with E-state index in [1.54, 1.807) is 0 Å². The molecule has 1 aromatic rings. The van der Waals surface area contributed by atoms with E-state index in [1.165, 1.54) is 5.56 Å². The summed E-state index contributed by atoms with van der Waals surface area (Å²) in [6, 6.07) is 4.11. The number of hydrogen-bond donors (Lipinski definition) is 2. The summed E-state index contributed by atoms with van der Waals surface area (Å²) in [6.45, 7) is 7.79. The lowest BCUT2D eigenvalue weighted by Crippen LogP contribution is -2.28. The molecule has 0 atom stereocenters. The molecule has 0 aliphatic rings. The van der Waals surface area contributed by atoms with Crippen LogP contribution in [0.3, 0.4) is 0 Å². The Labute approximate surface area is 104 Å². The molecule has 0 radical (unpaired) electrons. The molecule has 0 bridgehead atoms. The van der Waals surface area contributed by atoms with Gasteiger partial charge < -0.3 is 15.3 Å². The van der Waals surface area contributed by atoms with Crippen LogP contribution in [-0.4, -0.2) is 36.3 Å². The second kappa shape index (κ2) is 8.03. The maximum Gasteiger partial charge on any atom is 0.128 e. The van der Waals surface area contributed by atoms with Crippen molar-refractivity contribution in [2.45, 2.75) is 26.8 Å². The molecule has 0 aliphatic heterocycles. The molecular formula is C13H23N3O. The number of nitrogens with zero attached hydrogens (tertiary/aromatic N) is 2. The van der Waals surface area contributed by atoms with Crippen molar-refractivity contribution in [3.63, 3.8) is 0 Å². The SMILES string of the molecule is CCCN(CCO)c1ccc(CNCC)cn1. The van der Waals surface area contributed by atoms with E-state index >= 15 is 0 Å². The molecule has 0 saturated heterocycles. The summed E-state index contributed by atoms with van der Waals surface area (Å²) in [5, 5.41) is 12.3. The average molecular weight is 237 g/mol. The van der Waals surface area contributed by atoms with Crippen LogP contribution in [0.25, 0.3) is 0 Å². The van der Waals surface area contributed by atoms with Crippen molar-refractivity contribution < 1.29 is 5.11 Å². The van der Waals surface area contributed by atoms with Gasteiger partial charge in [0.2, 0.25) is 0 Å². The highest BCUT2D eigenvalue weighted by Crippen LogP contribution is 2.11. The zero-order chi connectivity index (χ0) is 12.5. The summed E-state index contributed by atoms with van der Waals surface area (Å²) in [6.07, 6.45) is 2.96. The van der Waals surface area contributed by atoms with E-state index < -0.39 is 0 Å². The average Bonchev–Trinajstić information content (AvgIpc) is 2.37. The van der Waals surface area contributed by atoms with Gasteiger partial charge in [-0.1, -0.05) is 19.9 Å². The van der Waals surface area contributed by atoms with Gasteiger partial charge in [0.25, 0.3) is 0 Å². The van der Waals surface area contributed by atoms with Crippen LogP contribution in [0, 0.1) is 0 Å². The fourth-order valence-corrected chi connectivity index (χ4v) is 1.71. The Morgan fingerprint density at radius 2 is 2.12 bits per heavy atom. The van der Waals surface area contributed by atoms with E-state index in [2.05, 4.69) is 35.1 Å². The molecule has 1 aromatic heterocycles. The third-order valence-corrected chi connectivity index (χ3v) is 2.58. The third-order valence-electron chi connectivity index (χ3n) is 2.58. The van der Waals surface area contributed by atoms with Crippen molar-refractivity contribution in [2.75, 3.05) is 31.1 Å². The van der Waals surface area contributed by atoms with Crippen molar-refractivity contribution in [3.05, 3.63) is 23.9 Å². The quantitative estimate of drug-likeness (QED) is 0.717. The topological polar surface area (TPSA) is 48.4 Å². The highest BCUT2D eigenvalue weighted by atomic mass is 16.3. The molecular weight excluding hydrogens is 214 g/mol. The smallest absolute Gasteiger partial charge is 0.128 e. The standard InChI is InChI=1S/C13H23N3O/c1-3-7-16(8-9-17)13-6-5-12(11-15-13)10-14-4-2/h5-6,11,14,17H,3-4,7-10H2,1-2H3. The number of aliphatic hydroxyl groups excluding tert-OH is 1. The van der Waals surface area contributed by atoms with Crippen LogP contribution in [0.2, 0.25) is 0 Å². The normalized spacial score (nSPS) is 10.5. The minimum Gasteiger partial charge on any atom is -0.395 e. The van der Waals surface area contributed by atoms with Gasteiger partial charge >= 0.3 is 0 Å². The highest BCUT2D eigenvalue weighted by Gasteiger charge is 2.05. The van der Waals surface area contributed by atoms with Crippen LogP contribution in [0.5, 0.6) is 0 Å². The molecule has 0 amide bonds. The Balaban J connectivity index is 2.63. The first-order chi connectivity index (χ1) is 8.31. The van der Waals surface area contributed by atoms with Crippen LogP contribution in [0.15, 0.2) is 18.3 Å². The van der Waals surface area contributed by atoms with Gasteiger partial charge in [-0.15, -0.1) is 0 Å². The van der Waals surface area contributed by atoms with Crippen molar-refractivity contribution in [2.24, 2.45) is 0 Å². The van der Waals surface area contributed by atoms with Crippen LogP contribution in [-0.2, 0) is 6.54 Å². The summed E-state index contributed by atoms with van der Waals surface area (Å²) in [4.78, 5) is 6.55. The van der Waals surface area contributed by atoms with E-state index in [-0.39, 0.29) is 6.61 Å². The molecule has 1 rings (SSSR count). The molecule has 0 fully saturated rings. The number of aliphatic hydroxyl groups is 1. The molecule has 17 heavy (non-hydrogen) atoms. The lowest BCUT2D eigenvalue weighted by Gasteiger charge is -2.22.